The van der Waals surface area contributed by atoms with Crippen molar-refractivity contribution in [1.29, 1.82) is 0 Å². The molecule has 5 nitrogen and oxygen atoms in total. The molecule has 0 amide bonds. The molecule has 0 fully saturated rings. The van der Waals surface area contributed by atoms with Crippen molar-refractivity contribution >= 4 is 0 Å². The minimum Gasteiger partial charge on any atom is -0.491 e. The summed E-state index contributed by atoms with van der Waals surface area (Å²) in [6, 6.07) is 6.25. The molecule has 3 atom stereocenters. The van der Waals surface area contributed by atoms with Crippen LogP contribution in [0.1, 0.15) is 64.5 Å². The van der Waals surface area contributed by atoms with Crippen molar-refractivity contribution in [2.75, 3.05) is 26.2 Å². The van der Waals surface area contributed by atoms with Gasteiger partial charge in [-0.05, 0) is 42.9 Å². The van der Waals surface area contributed by atoms with Crippen molar-refractivity contribution in [3.63, 3.8) is 0 Å². The molecule has 0 aliphatic rings. The lowest BCUT2D eigenvalue weighted by Crippen LogP contribution is -2.42. The monoisotopic (exact) mass is 367 g/mol. The summed E-state index contributed by atoms with van der Waals surface area (Å²) in [5, 5.41) is 29.5. The Balaban J connectivity index is 2.71. The lowest BCUT2D eigenvalue weighted by Gasteiger charge is -2.27. The zero-order valence-electron chi connectivity index (χ0n) is 17.1. The standard InChI is InChI=1S/C21H37NO4/c1-14(2)18-7-8-21(20(9-18)15(3)4)26-13-19(25)12-22(10-16(5)23)11-17(6)24/h7-9,14-17,19,23-25H,10-13H2,1-6H3. The van der Waals surface area contributed by atoms with E-state index >= 15 is 0 Å². The molecule has 3 N–H and O–H groups in total. The molecular formula is C21H37NO4. The Morgan fingerprint density at radius 2 is 1.42 bits per heavy atom. The summed E-state index contributed by atoms with van der Waals surface area (Å²) in [5.74, 6) is 1.60. The molecule has 0 aliphatic carbocycles. The van der Waals surface area contributed by atoms with E-state index in [1.54, 1.807) is 13.8 Å². The van der Waals surface area contributed by atoms with Crippen molar-refractivity contribution < 1.29 is 20.1 Å². The molecule has 150 valence electrons. The van der Waals surface area contributed by atoms with Gasteiger partial charge in [0, 0.05) is 19.6 Å². The van der Waals surface area contributed by atoms with Gasteiger partial charge in [0.2, 0.25) is 0 Å². The highest BCUT2D eigenvalue weighted by molar-refractivity contribution is 5.40. The Morgan fingerprint density at radius 3 is 1.88 bits per heavy atom. The van der Waals surface area contributed by atoms with Gasteiger partial charge < -0.3 is 20.1 Å². The van der Waals surface area contributed by atoms with Crippen LogP contribution in [0.25, 0.3) is 0 Å². The molecule has 0 saturated carbocycles. The normalized spacial score (nSPS) is 15.5. The van der Waals surface area contributed by atoms with Crippen LogP contribution >= 0.6 is 0 Å². The zero-order chi connectivity index (χ0) is 19.9. The number of aliphatic hydroxyl groups is 3. The van der Waals surface area contributed by atoms with Crippen molar-refractivity contribution in [3.05, 3.63) is 29.3 Å². The lowest BCUT2D eigenvalue weighted by molar-refractivity contribution is 0.0299. The Morgan fingerprint density at radius 1 is 0.846 bits per heavy atom. The Labute approximate surface area is 158 Å². The van der Waals surface area contributed by atoms with E-state index in [1.165, 1.54) is 5.56 Å². The number of hydrogen-bond donors (Lipinski definition) is 3. The molecule has 26 heavy (non-hydrogen) atoms. The Kier molecular flexibility index (Phi) is 9.58. The average Bonchev–Trinajstić information content (AvgIpc) is 2.51. The highest BCUT2D eigenvalue weighted by Crippen LogP contribution is 2.30. The van der Waals surface area contributed by atoms with Gasteiger partial charge in [-0.1, -0.05) is 39.8 Å². The van der Waals surface area contributed by atoms with Crippen molar-refractivity contribution in [3.8, 4) is 5.75 Å². The SMILES string of the molecule is CC(O)CN(CC(C)O)CC(O)COc1ccc(C(C)C)cc1C(C)C. The predicted molar refractivity (Wildman–Crippen MR) is 106 cm³/mol. The smallest absolute Gasteiger partial charge is 0.122 e. The molecule has 0 bridgehead atoms. The number of benzene rings is 1. The van der Waals surface area contributed by atoms with Gasteiger partial charge in [-0.2, -0.15) is 0 Å². The van der Waals surface area contributed by atoms with Gasteiger partial charge in [0.25, 0.3) is 0 Å². The minimum atomic E-state index is -0.697. The maximum Gasteiger partial charge on any atom is 0.122 e. The van der Waals surface area contributed by atoms with Crippen molar-refractivity contribution in [2.24, 2.45) is 0 Å². The third-order valence-corrected chi connectivity index (χ3v) is 4.27. The summed E-state index contributed by atoms with van der Waals surface area (Å²) in [4.78, 5) is 1.86. The van der Waals surface area contributed by atoms with Gasteiger partial charge in [-0.3, -0.25) is 4.90 Å². The highest BCUT2D eigenvalue weighted by atomic mass is 16.5. The fourth-order valence-electron chi connectivity index (χ4n) is 3.02. The van der Waals surface area contributed by atoms with Gasteiger partial charge in [0.15, 0.2) is 0 Å². The Hall–Kier alpha value is -1.14. The first kappa shape index (κ1) is 22.9. The molecule has 0 heterocycles. The number of aliphatic hydroxyl groups excluding tert-OH is 3. The van der Waals surface area contributed by atoms with Crippen LogP contribution < -0.4 is 4.74 Å². The molecule has 5 heteroatoms. The largest absolute Gasteiger partial charge is 0.491 e. The maximum absolute atomic E-state index is 10.3. The van der Waals surface area contributed by atoms with Gasteiger partial charge in [0.1, 0.15) is 18.5 Å². The summed E-state index contributed by atoms with van der Waals surface area (Å²) in [6.07, 6.45) is -1.73. The molecule has 0 aliphatic heterocycles. The van der Waals surface area contributed by atoms with Crippen LogP contribution in [0, 0.1) is 0 Å². The molecule has 0 saturated heterocycles. The molecule has 3 unspecified atom stereocenters. The average molecular weight is 368 g/mol. The maximum atomic E-state index is 10.3. The zero-order valence-corrected chi connectivity index (χ0v) is 17.1. The number of rotatable bonds is 11. The highest BCUT2D eigenvalue weighted by Gasteiger charge is 2.17. The molecule has 1 rings (SSSR count). The second-order valence-electron chi connectivity index (χ2n) is 7.99. The van der Waals surface area contributed by atoms with Crippen LogP contribution in [-0.4, -0.2) is 64.8 Å². The predicted octanol–water partition coefficient (Wildman–Crippen LogP) is 2.74. The quantitative estimate of drug-likeness (QED) is 0.561. The van der Waals surface area contributed by atoms with Crippen molar-refractivity contribution in [1.82, 2.24) is 4.90 Å². The number of ether oxygens (including phenoxy) is 1. The van der Waals surface area contributed by atoms with Crippen LogP contribution in [0.4, 0.5) is 0 Å². The van der Waals surface area contributed by atoms with E-state index in [9.17, 15) is 15.3 Å². The number of nitrogens with zero attached hydrogens (tertiary/aromatic N) is 1. The van der Waals surface area contributed by atoms with E-state index in [4.69, 9.17) is 4.74 Å². The van der Waals surface area contributed by atoms with Gasteiger partial charge in [0.05, 0.1) is 12.2 Å². The summed E-state index contributed by atoms with van der Waals surface area (Å²) < 4.78 is 5.90. The minimum absolute atomic E-state index is 0.177. The lowest BCUT2D eigenvalue weighted by atomic mass is 9.95. The molecule has 0 radical (unpaired) electrons. The van der Waals surface area contributed by atoms with Gasteiger partial charge in [-0.15, -0.1) is 0 Å². The summed E-state index contributed by atoms with van der Waals surface area (Å²) >= 11 is 0. The fourth-order valence-corrected chi connectivity index (χ4v) is 3.02. The molecular weight excluding hydrogens is 330 g/mol. The fraction of sp³-hybridized carbons (Fsp3) is 0.714. The van der Waals surface area contributed by atoms with Crippen LogP contribution in [0.2, 0.25) is 0 Å². The van der Waals surface area contributed by atoms with E-state index < -0.39 is 18.3 Å². The third kappa shape index (κ3) is 8.04. The summed E-state index contributed by atoms with van der Waals surface area (Å²) in [5.41, 5.74) is 2.43. The first-order valence-electron chi connectivity index (χ1n) is 9.63. The summed E-state index contributed by atoms with van der Waals surface area (Å²) in [7, 11) is 0. The topological polar surface area (TPSA) is 73.2 Å². The van der Waals surface area contributed by atoms with E-state index in [0.717, 1.165) is 11.3 Å². The second kappa shape index (κ2) is 10.9. The van der Waals surface area contributed by atoms with E-state index in [2.05, 4.69) is 39.8 Å². The molecule has 0 aromatic heterocycles. The first-order valence-corrected chi connectivity index (χ1v) is 9.63. The number of hydrogen-bond acceptors (Lipinski definition) is 5. The van der Waals surface area contributed by atoms with Crippen LogP contribution in [0.3, 0.4) is 0 Å². The molecule has 1 aromatic rings. The third-order valence-electron chi connectivity index (χ3n) is 4.27. The van der Waals surface area contributed by atoms with Gasteiger partial charge in [-0.25, -0.2) is 0 Å². The molecule has 0 spiro atoms. The van der Waals surface area contributed by atoms with Gasteiger partial charge >= 0.3 is 0 Å². The van der Waals surface area contributed by atoms with E-state index in [1.807, 2.05) is 11.0 Å². The van der Waals surface area contributed by atoms with E-state index in [0.29, 0.717) is 31.5 Å². The van der Waals surface area contributed by atoms with Crippen LogP contribution in [0.5, 0.6) is 5.75 Å². The van der Waals surface area contributed by atoms with Crippen LogP contribution in [-0.2, 0) is 0 Å². The summed E-state index contributed by atoms with van der Waals surface area (Å²) in [6.45, 7) is 13.3. The Bertz CT molecular complexity index is 519. The van der Waals surface area contributed by atoms with Crippen molar-refractivity contribution in [2.45, 2.75) is 71.7 Å². The van der Waals surface area contributed by atoms with E-state index in [-0.39, 0.29) is 6.61 Å². The second-order valence-corrected chi connectivity index (χ2v) is 7.99. The first-order chi connectivity index (χ1) is 12.1. The molecule has 1 aromatic carbocycles. The van der Waals surface area contributed by atoms with Crippen LogP contribution in [0.15, 0.2) is 18.2 Å².